The molecule has 0 aliphatic rings. The molecule has 0 unspecified atom stereocenters. The number of sulfonamides is 1. The minimum atomic E-state index is -3.83. The molecule has 0 saturated carbocycles. The summed E-state index contributed by atoms with van der Waals surface area (Å²) in [5.74, 6) is -0.449. The van der Waals surface area contributed by atoms with Crippen LogP contribution < -0.4 is 4.31 Å². The second-order valence-electron chi connectivity index (χ2n) is 6.49. The van der Waals surface area contributed by atoms with Crippen molar-refractivity contribution in [2.75, 3.05) is 11.4 Å². The van der Waals surface area contributed by atoms with E-state index in [1.165, 1.54) is 11.4 Å². The average molecular weight is 430 g/mol. The van der Waals surface area contributed by atoms with Gasteiger partial charge in [-0.3, -0.25) is 4.31 Å². The lowest BCUT2D eigenvalue weighted by Crippen LogP contribution is -2.30. The minimum Gasteiger partial charge on any atom is -0.465 e. The summed E-state index contributed by atoms with van der Waals surface area (Å²) in [7, 11) is -2.52. The molecular formula is C22H20ClNO4S. The topological polar surface area (TPSA) is 63.7 Å². The van der Waals surface area contributed by atoms with Crippen LogP contribution in [0.3, 0.4) is 0 Å². The first-order chi connectivity index (χ1) is 13.8. The molecule has 5 nitrogen and oxygen atoms in total. The van der Waals surface area contributed by atoms with Gasteiger partial charge in [-0.15, -0.1) is 0 Å². The summed E-state index contributed by atoms with van der Waals surface area (Å²) in [5.41, 5.74) is 2.53. The van der Waals surface area contributed by atoms with E-state index in [4.69, 9.17) is 16.3 Å². The summed E-state index contributed by atoms with van der Waals surface area (Å²) >= 11 is 6.11. The molecule has 0 heterocycles. The predicted molar refractivity (Wildman–Crippen MR) is 114 cm³/mol. The lowest BCUT2D eigenvalue weighted by Gasteiger charge is -2.25. The maximum atomic E-state index is 13.4. The maximum absolute atomic E-state index is 13.4. The van der Waals surface area contributed by atoms with Crippen molar-refractivity contribution in [2.45, 2.75) is 18.4 Å². The van der Waals surface area contributed by atoms with Crippen molar-refractivity contribution in [1.29, 1.82) is 0 Å². The SMILES string of the molecule is COC(=O)c1ccc(CN(c2cccc(Cl)c2)S(=O)(=O)c2ccc(C)cc2)cc1. The van der Waals surface area contributed by atoms with Gasteiger partial charge in [0.1, 0.15) is 0 Å². The molecule has 0 aliphatic carbocycles. The van der Waals surface area contributed by atoms with Crippen molar-refractivity contribution in [1.82, 2.24) is 0 Å². The number of nitrogens with zero attached hydrogens (tertiary/aromatic N) is 1. The summed E-state index contributed by atoms with van der Waals surface area (Å²) in [6.07, 6.45) is 0. The zero-order valence-corrected chi connectivity index (χ0v) is 17.6. The molecule has 7 heteroatoms. The lowest BCUT2D eigenvalue weighted by molar-refractivity contribution is 0.0600. The Morgan fingerprint density at radius 3 is 2.24 bits per heavy atom. The third-order valence-corrected chi connectivity index (χ3v) is 6.43. The largest absolute Gasteiger partial charge is 0.465 e. The molecule has 0 saturated heterocycles. The smallest absolute Gasteiger partial charge is 0.337 e. The lowest BCUT2D eigenvalue weighted by atomic mass is 10.1. The average Bonchev–Trinajstić information content (AvgIpc) is 2.72. The van der Waals surface area contributed by atoms with Crippen LogP contribution in [0, 0.1) is 6.92 Å². The van der Waals surface area contributed by atoms with Crippen molar-refractivity contribution >= 4 is 33.3 Å². The molecule has 0 spiro atoms. The van der Waals surface area contributed by atoms with Crippen molar-refractivity contribution in [3.05, 3.63) is 94.5 Å². The predicted octanol–water partition coefficient (Wildman–Crippen LogP) is 4.83. The first kappa shape index (κ1) is 20.9. The molecule has 0 fully saturated rings. The molecule has 0 atom stereocenters. The highest BCUT2D eigenvalue weighted by molar-refractivity contribution is 7.92. The Bertz CT molecular complexity index is 1110. The molecule has 3 rings (SSSR count). The van der Waals surface area contributed by atoms with Crippen molar-refractivity contribution in [2.24, 2.45) is 0 Å². The molecule has 29 heavy (non-hydrogen) atoms. The number of ether oxygens (including phenoxy) is 1. The van der Waals surface area contributed by atoms with Gasteiger partial charge in [0.15, 0.2) is 0 Å². The highest BCUT2D eigenvalue weighted by atomic mass is 35.5. The zero-order chi connectivity index (χ0) is 21.0. The summed E-state index contributed by atoms with van der Waals surface area (Å²) in [5, 5.41) is 0.438. The summed E-state index contributed by atoms with van der Waals surface area (Å²) < 4.78 is 32.8. The number of halogens is 1. The fourth-order valence-corrected chi connectivity index (χ4v) is 4.44. The number of hydrogen-bond acceptors (Lipinski definition) is 4. The van der Waals surface area contributed by atoms with Crippen LogP contribution in [0.15, 0.2) is 77.7 Å². The third kappa shape index (κ3) is 4.78. The van der Waals surface area contributed by atoms with Gasteiger partial charge in [-0.25, -0.2) is 13.2 Å². The van der Waals surface area contributed by atoms with E-state index >= 15 is 0 Å². The van der Waals surface area contributed by atoms with Crippen LogP contribution >= 0.6 is 11.6 Å². The Hall–Kier alpha value is -2.83. The number of methoxy groups -OCH3 is 1. The molecule has 0 radical (unpaired) electrons. The van der Waals surface area contributed by atoms with E-state index in [0.717, 1.165) is 5.56 Å². The molecule has 3 aromatic rings. The van der Waals surface area contributed by atoms with E-state index in [1.54, 1.807) is 72.8 Å². The van der Waals surface area contributed by atoms with Gasteiger partial charge in [0.05, 0.1) is 29.8 Å². The third-order valence-electron chi connectivity index (χ3n) is 4.41. The van der Waals surface area contributed by atoms with E-state index in [0.29, 0.717) is 21.8 Å². The number of carbonyl (C=O) groups is 1. The number of esters is 1. The number of rotatable bonds is 6. The Morgan fingerprint density at radius 1 is 1.00 bits per heavy atom. The standard InChI is InChI=1S/C22H20ClNO4S/c1-16-6-12-21(13-7-16)29(26,27)24(20-5-3-4-19(23)14-20)15-17-8-10-18(11-9-17)22(25)28-2/h3-14H,15H2,1-2H3. The number of aryl methyl sites for hydroxylation is 1. The first-order valence-corrected chi connectivity index (χ1v) is 10.7. The van der Waals surface area contributed by atoms with E-state index in [2.05, 4.69) is 0 Å². The Morgan fingerprint density at radius 2 is 1.66 bits per heavy atom. The maximum Gasteiger partial charge on any atom is 0.337 e. The Balaban J connectivity index is 2.02. The van der Waals surface area contributed by atoms with Gasteiger partial charge in [-0.1, -0.05) is 47.5 Å². The van der Waals surface area contributed by atoms with Gasteiger partial charge >= 0.3 is 5.97 Å². The highest BCUT2D eigenvalue weighted by Crippen LogP contribution is 2.28. The molecule has 3 aromatic carbocycles. The monoisotopic (exact) mass is 429 g/mol. The van der Waals surface area contributed by atoms with Crippen molar-refractivity contribution < 1.29 is 17.9 Å². The normalized spacial score (nSPS) is 11.1. The van der Waals surface area contributed by atoms with Crippen LogP contribution in [-0.4, -0.2) is 21.5 Å². The fraction of sp³-hybridized carbons (Fsp3) is 0.136. The molecule has 0 amide bonds. The summed E-state index contributed by atoms with van der Waals surface area (Å²) in [4.78, 5) is 11.8. The Kier molecular flexibility index (Phi) is 6.25. The number of carbonyl (C=O) groups excluding carboxylic acids is 1. The van der Waals surface area contributed by atoms with Gasteiger partial charge in [0.25, 0.3) is 10.0 Å². The van der Waals surface area contributed by atoms with Crippen LogP contribution in [0.5, 0.6) is 0 Å². The second kappa shape index (κ2) is 8.68. The molecule has 150 valence electrons. The van der Waals surface area contributed by atoms with Gasteiger partial charge in [0.2, 0.25) is 0 Å². The highest BCUT2D eigenvalue weighted by Gasteiger charge is 2.25. The molecule has 0 aromatic heterocycles. The van der Waals surface area contributed by atoms with Crippen LogP contribution in [0.1, 0.15) is 21.5 Å². The van der Waals surface area contributed by atoms with Gasteiger partial charge in [-0.05, 0) is 55.0 Å². The van der Waals surface area contributed by atoms with Gasteiger partial charge < -0.3 is 4.74 Å². The molecular weight excluding hydrogens is 410 g/mol. The van der Waals surface area contributed by atoms with Crippen molar-refractivity contribution in [3.8, 4) is 0 Å². The van der Waals surface area contributed by atoms with Gasteiger partial charge in [0, 0.05) is 5.02 Å². The summed E-state index contributed by atoms with van der Waals surface area (Å²) in [6.45, 7) is 1.98. The fourth-order valence-electron chi connectivity index (χ4n) is 2.81. The minimum absolute atomic E-state index is 0.0814. The quantitative estimate of drug-likeness (QED) is 0.526. The van der Waals surface area contributed by atoms with E-state index in [1.807, 2.05) is 6.92 Å². The number of benzene rings is 3. The molecule has 0 aliphatic heterocycles. The van der Waals surface area contributed by atoms with E-state index in [9.17, 15) is 13.2 Å². The molecule has 0 N–H and O–H groups in total. The van der Waals surface area contributed by atoms with Crippen LogP contribution in [-0.2, 0) is 21.3 Å². The van der Waals surface area contributed by atoms with Crippen molar-refractivity contribution in [3.63, 3.8) is 0 Å². The zero-order valence-electron chi connectivity index (χ0n) is 16.0. The van der Waals surface area contributed by atoms with E-state index < -0.39 is 16.0 Å². The summed E-state index contributed by atoms with van der Waals surface area (Å²) in [6, 6.07) is 20.0. The Labute approximate surface area is 175 Å². The second-order valence-corrected chi connectivity index (χ2v) is 8.79. The number of anilines is 1. The van der Waals surface area contributed by atoms with Gasteiger partial charge in [-0.2, -0.15) is 0 Å². The molecule has 0 bridgehead atoms. The van der Waals surface area contributed by atoms with E-state index in [-0.39, 0.29) is 11.4 Å². The van der Waals surface area contributed by atoms with Crippen LogP contribution in [0.2, 0.25) is 5.02 Å². The number of hydrogen-bond donors (Lipinski definition) is 0. The van der Waals surface area contributed by atoms with Crippen LogP contribution in [0.25, 0.3) is 0 Å². The van der Waals surface area contributed by atoms with Crippen LogP contribution in [0.4, 0.5) is 5.69 Å². The first-order valence-electron chi connectivity index (χ1n) is 8.83.